The summed E-state index contributed by atoms with van der Waals surface area (Å²) in [6.07, 6.45) is 1.36. The zero-order valence-corrected chi connectivity index (χ0v) is 9.94. The van der Waals surface area contributed by atoms with Crippen LogP contribution in [-0.4, -0.2) is 25.5 Å². The Hall–Kier alpha value is -1.84. The van der Waals surface area contributed by atoms with E-state index in [0.29, 0.717) is 19.4 Å². The van der Waals surface area contributed by atoms with Crippen molar-refractivity contribution in [3.8, 4) is 0 Å². The summed E-state index contributed by atoms with van der Waals surface area (Å²) in [5.41, 5.74) is 1.13. The smallest absolute Gasteiger partial charge is 0.307 e. The molecule has 0 radical (unpaired) electrons. The highest BCUT2D eigenvalue weighted by atomic mass is 16.5. The highest BCUT2D eigenvalue weighted by Crippen LogP contribution is 2.01. The highest BCUT2D eigenvalue weighted by molar-refractivity contribution is 5.77. The topological polar surface area (TPSA) is 55.4 Å². The zero-order valence-electron chi connectivity index (χ0n) is 9.94. The van der Waals surface area contributed by atoms with Crippen molar-refractivity contribution in [2.45, 2.75) is 19.3 Å². The van der Waals surface area contributed by atoms with Crippen LogP contribution in [0.1, 0.15) is 18.4 Å². The minimum Gasteiger partial charge on any atom is -0.469 e. The van der Waals surface area contributed by atoms with Gasteiger partial charge in [-0.1, -0.05) is 30.3 Å². The van der Waals surface area contributed by atoms with Gasteiger partial charge in [0.15, 0.2) is 0 Å². The van der Waals surface area contributed by atoms with Crippen molar-refractivity contribution < 1.29 is 14.3 Å². The third-order valence-electron chi connectivity index (χ3n) is 2.36. The quantitative estimate of drug-likeness (QED) is 0.756. The summed E-state index contributed by atoms with van der Waals surface area (Å²) < 4.78 is 4.47. The largest absolute Gasteiger partial charge is 0.469 e. The molecule has 0 spiro atoms. The molecular weight excluding hydrogens is 218 g/mol. The van der Waals surface area contributed by atoms with Gasteiger partial charge in [0.25, 0.3) is 0 Å². The third kappa shape index (κ3) is 5.70. The Morgan fingerprint density at radius 1 is 1.18 bits per heavy atom. The molecule has 0 bridgehead atoms. The first-order valence-electron chi connectivity index (χ1n) is 5.60. The van der Waals surface area contributed by atoms with Crippen molar-refractivity contribution in [3.63, 3.8) is 0 Å². The van der Waals surface area contributed by atoms with E-state index in [0.717, 1.165) is 5.56 Å². The van der Waals surface area contributed by atoms with Crippen LogP contribution in [0.5, 0.6) is 0 Å². The standard InChI is InChI=1S/C13H17NO3/c1-17-13(16)9-10-14-12(15)8-7-11-5-3-2-4-6-11/h2-6H,7-10H2,1H3,(H,14,15). The molecule has 1 N–H and O–H groups in total. The van der Waals surface area contributed by atoms with Crippen LogP contribution in [0.15, 0.2) is 30.3 Å². The van der Waals surface area contributed by atoms with Crippen molar-refractivity contribution in [2.24, 2.45) is 0 Å². The number of hydrogen-bond acceptors (Lipinski definition) is 3. The molecule has 17 heavy (non-hydrogen) atoms. The molecule has 0 saturated heterocycles. The maximum Gasteiger partial charge on any atom is 0.307 e. The maximum atomic E-state index is 11.4. The summed E-state index contributed by atoms with van der Waals surface area (Å²) in [5, 5.41) is 2.68. The lowest BCUT2D eigenvalue weighted by atomic mass is 10.1. The number of esters is 1. The second-order valence-electron chi connectivity index (χ2n) is 3.66. The van der Waals surface area contributed by atoms with E-state index in [1.165, 1.54) is 7.11 Å². The number of carbonyl (C=O) groups excluding carboxylic acids is 2. The number of carbonyl (C=O) groups is 2. The normalized spacial score (nSPS) is 9.71. The number of ether oxygens (including phenoxy) is 1. The number of hydrogen-bond donors (Lipinski definition) is 1. The first kappa shape index (κ1) is 13.2. The molecule has 0 fully saturated rings. The van der Waals surface area contributed by atoms with Gasteiger partial charge < -0.3 is 10.1 Å². The van der Waals surface area contributed by atoms with Crippen molar-refractivity contribution in [1.29, 1.82) is 0 Å². The molecule has 0 aliphatic heterocycles. The van der Waals surface area contributed by atoms with Crippen LogP contribution in [0.4, 0.5) is 0 Å². The van der Waals surface area contributed by atoms with Crippen LogP contribution >= 0.6 is 0 Å². The van der Waals surface area contributed by atoms with E-state index in [4.69, 9.17) is 0 Å². The number of amides is 1. The summed E-state index contributed by atoms with van der Waals surface area (Å²) in [6, 6.07) is 9.82. The van der Waals surface area contributed by atoms with E-state index in [1.807, 2.05) is 30.3 Å². The fourth-order valence-corrected chi connectivity index (χ4v) is 1.40. The maximum absolute atomic E-state index is 11.4. The van der Waals surface area contributed by atoms with Crippen LogP contribution in [0.3, 0.4) is 0 Å². The molecule has 4 heteroatoms. The minimum atomic E-state index is -0.312. The molecule has 1 amide bonds. The SMILES string of the molecule is COC(=O)CCNC(=O)CCc1ccccc1. The van der Waals surface area contributed by atoms with Crippen LogP contribution in [0.2, 0.25) is 0 Å². The van der Waals surface area contributed by atoms with Crippen LogP contribution in [0, 0.1) is 0 Å². The summed E-state index contributed by atoms with van der Waals surface area (Å²) in [7, 11) is 1.33. The highest BCUT2D eigenvalue weighted by Gasteiger charge is 2.04. The van der Waals surface area contributed by atoms with Gasteiger partial charge in [-0.3, -0.25) is 9.59 Å². The van der Waals surface area contributed by atoms with Gasteiger partial charge in [-0.25, -0.2) is 0 Å². The lowest BCUT2D eigenvalue weighted by molar-refractivity contribution is -0.140. The molecule has 0 aliphatic rings. The van der Waals surface area contributed by atoms with E-state index in [2.05, 4.69) is 10.1 Å². The van der Waals surface area contributed by atoms with E-state index >= 15 is 0 Å². The molecular formula is C13H17NO3. The molecule has 92 valence electrons. The first-order valence-corrected chi connectivity index (χ1v) is 5.60. The number of nitrogens with one attached hydrogen (secondary N) is 1. The lowest BCUT2D eigenvalue weighted by Gasteiger charge is -2.04. The Morgan fingerprint density at radius 3 is 2.53 bits per heavy atom. The first-order chi connectivity index (χ1) is 8.22. The molecule has 0 atom stereocenters. The summed E-state index contributed by atoms with van der Waals surface area (Å²) >= 11 is 0. The second-order valence-corrected chi connectivity index (χ2v) is 3.66. The van der Waals surface area contributed by atoms with Gasteiger partial charge in [0, 0.05) is 13.0 Å². The van der Waals surface area contributed by atoms with Crippen LogP contribution in [-0.2, 0) is 20.7 Å². The van der Waals surface area contributed by atoms with Gasteiger partial charge >= 0.3 is 5.97 Å². The molecule has 0 aliphatic carbocycles. The van der Waals surface area contributed by atoms with E-state index in [9.17, 15) is 9.59 Å². The summed E-state index contributed by atoms with van der Waals surface area (Å²) in [5.74, 6) is -0.355. The lowest BCUT2D eigenvalue weighted by Crippen LogP contribution is -2.26. The fourth-order valence-electron chi connectivity index (χ4n) is 1.40. The van der Waals surface area contributed by atoms with E-state index in [-0.39, 0.29) is 18.3 Å². The zero-order chi connectivity index (χ0) is 12.5. The Labute approximate surface area is 101 Å². The monoisotopic (exact) mass is 235 g/mol. The number of aryl methyl sites for hydroxylation is 1. The number of methoxy groups -OCH3 is 1. The molecule has 0 unspecified atom stereocenters. The van der Waals surface area contributed by atoms with Crippen molar-refractivity contribution in [3.05, 3.63) is 35.9 Å². The Morgan fingerprint density at radius 2 is 1.88 bits per heavy atom. The Bertz CT molecular complexity index is 362. The third-order valence-corrected chi connectivity index (χ3v) is 2.36. The van der Waals surface area contributed by atoms with Crippen molar-refractivity contribution in [1.82, 2.24) is 5.32 Å². The van der Waals surface area contributed by atoms with E-state index in [1.54, 1.807) is 0 Å². The number of benzene rings is 1. The molecule has 1 aromatic rings. The van der Waals surface area contributed by atoms with Gasteiger partial charge in [0.2, 0.25) is 5.91 Å². The minimum absolute atomic E-state index is 0.0437. The molecule has 4 nitrogen and oxygen atoms in total. The molecule has 1 aromatic carbocycles. The van der Waals surface area contributed by atoms with Gasteiger partial charge in [0.1, 0.15) is 0 Å². The van der Waals surface area contributed by atoms with Gasteiger partial charge in [-0.15, -0.1) is 0 Å². The predicted molar refractivity (Wildman–Crippen MR) is 64.4 cm³/mol. The average molecular weight is 235 g/mol. The second kappa shape index (κ2) is 7.44. The Balaban J connectivity index is 2.16. The van der Waals surface area contributed by atoms with Crippen LogP contribution < -0.4 is 5.32 Å². The molecule has 0 heterocycles. The van der Waals surface area contributed by atoms with E-state index < -0.39 is 0 Å². The molecule has 0 saturated carbocycles. The van der Waals surface area contributed by atoms with Gasteiger partial charge in [0.05, 0.1) is 13.5 Å². The van der Waals surface area contributed by atoms with Crippen molar-refractivity contribution >= 4 is 11.9 Å². The van der Waals surface area contributed by atoms with Crippen LogP contribution in [0.25, 0.3) is 0 Å². The fraction of sp³-hybridized carbons (Fsp3) is 0.385. The average Bonchev–Trinajstić information content (AvgIpc) is 2.37. The number of rotatable bonds is 6. The van der Waals surface area contributed by atoms with Gasteiger partial charge in [-0.05, 0) is 12.0 Å². The van der Waals surface area contributed by atoms with Crippen molar-refractivity contribution in [2.75, 3.05) is 13.7 Å². The summed E-state index contributed by atoms with van der Waals surface area (Å²) in [6.45, 7) is 0.334. The molecule has 0 aromatic heterocycles. The predicted octanol–water partition coefficient (Wildman–Crippen LogP) is 1.30. The molecule has 1 rings (SSSR count). The Kier molecular flexibility index (Phi) is 5.79. The summed E-state index contributed by atoms with van der Waals surface area (Å²) in [4.78, 5) is 22.2. The van der Waals surface area contributed by atoms with Gasteiger partial charge in [-0.2, -0.15) is 0 Å².